The Kier molecular flexibility index (Phi) is 5.04. The lowest BCUT2D eigenvalue weighted by Gasteiger charge is -2.47. The zero-order chi connectivity index (χ0) is 15.5. The van der Waals surface area contributed by atoms with Crippen LogP contribution in [0, 0.1) is 6.92 Å². The zero-order valence-electron chi connectivity index (χ0n) is 14.1. The molecule has 2 rings (SSSR count). The Morgan fingerprint density at radius 1 is 1.10 bits per heavy atom. The first kappa shape index (κ1) is 16.0. The van der Waals surface area contributed by atoms with Crippen molar-refractivity contribution in [1.29, 1.82) is 0 Å². The average Bonchev–Trinajstić information content (AvgIpc) is 2.41. The van der Waals surface area contributed by atoms with Gasteiger partial charge >= 0.3 is 0 Å². The summed E-state index contributed by atoms with van der Waals surface area (Å²) in [4.78, 5) is 11.6. The fourth-order valence-corrected chi connectivity index (χ4v) is 2.85. The minimum atomic E-state index is 0.294. The number of nitrogens with zero attached hydrogens (tertiary/aromatic N) is 3. The van der Waals surface area contributed by atoms with E-state index in [1.54, 1.807) is 0 Å². The van der Waals surface area contributed by atoms with Crippen molar-refractivity contribution >= 4 is 11.6 Å². The molecule has 1 saturated carbocycles. The fourth-order valence-electron chi connectivity index (χ4n) is 2.85. The molecule has 118 valence electrons. The Hall–Kier alpha value is -1.36. The highest BCUT2D eigenvalue weighted by Crippen LogP contribution is 2.36. The number of rotatable bonds is 7. The minimum Gasteiger partial charge on any atom is -0.370 e. The molecule has 0 spiro atoms. The number of aryl methyl sites for hydroxylation is 1. The number of aromatic nitrogens is 2. The maximum Gasteiger partial charge on any atom is 0.134 e. The van der Waals surface area contributed by atoms with Gasteiger partial charge in [-0.25, -0.2) is 9.97 Å². The van der Waals surface area contributed by atoms with Crippen LogP contribution in [0.3, 0.4) is 0 Å². The Balaban J connectivity index is 2.17. The molecule has 0 saturated heterocycles. The van der Waals surface area contributed by atoms with E-state index < -0.39 is 0 Å². The number of anilines is 2. The second kappa shape index (κ2) is 6.60. The molecular formula is C16H29N5. The van der Waals surface area contributed by atoms with Gasteiger partial charge in [0.15, 0.2) is 0 Å². The monoisotopic (exact) mass is 291 g/mol. The molecule has 5 heteroatoms. The molecule has 0 bridgehead atoms. The van der Waals surface area contributed by atoms with Crippen molar-refractivity contribution in [1.82, 2.24) is 14.9 Å². The average molecular weight is 291 g/mol. The predicted octanol–water partition coefficient (Wildman–Crippen LogP) is 2.68. The van der Waals surface area contributed by atoms with E-state index in [4.69, 9.17) is 0 Å². The van der Waals surface area contributed by atoms with Gasteiger partial charge in [-0.1, -0.05) is 6.92 Å². The number of hydrogen-bond acceptors (Lipinski definition) is 5. The topological polar surface area (TPSA) is 53.1 Å². The van der Waals surface area contributed by atoms with E-state index in [0.717, 1.165) is 42.5 Å². The summed E-state index contributed by atoms with van der Waals surface area (Å²) in [7, 11) is 4.35. The van der Waals surface area contributed by atoms with Crippen molar-refractivity contribution in [3.63, 3.8) is 0 Å². The van der Waals surface area contributed by atoms with E-state index >= 15 is 0 Å². The van der Waals surface area contributed by atoms with Crippen LogP contribution < -0.4 is 10.6 Å². The lowest BCUT2D eigenvalue weighted by Crippen LogP contribution is -2.54. The van der Waals surface area contributed by atoms with Crippen LogP contribution in [-0.4, -0.2) is 47.6 Å². The summed E-state index contributed by atoms with van der Waals surface area (Å²) in [5, 5.41) is 6.92. The summed E-state index contributed by atoms with van der Waals surface area (Å²) in [6.45, 7) is 8.10. The van der Waals surface area contributed by atoms with Crippen molar-refractivity contribution in [2.45, 2.75) is 52.0 Å². The van der Waals surface area contributed by atoms with Crippen LogP contribution in [0.4, 0.5) is 11.6 Å². The van der Waals surface area contributed by atoms with Gasteiger partial charge in [-0.05, 0) is 47.2 Å². The van der Waals surface area contributed by atoms with E-state index in [9.17, 15) is 0 Å². The standard InChI is InChI=1S/C16H29N5/c1-6-13-19-14(17-7-2)12(3)15(20-13)18-11-16(21(4)5)9-8-10-16/h6-11H2,1-5H3,(H2,17,18,19,20). The van der Waals surface area contributed by atoms with Crippen molar-refractivity contribution in [2.75, 3.05) is 37.8 Å². The van der Waals surface area contributed by atoms with Gasteiger partial charge in [-0.2, -0.15) is 0 Å². The number of likely N-dealkylation sites (N-methyl/N-ethyl adjacent to an activating group) is 1. The van der Waals surface area contributed by atoms with Gasteiger partial charge in [-0.15, -0.1) is 0 Å². The highest BCUT2D eigenvalue weighted by molar-refractivity contribution is 5.57. The van der Waals surface area contributed by atoms with Crippen molar-refractivity contribution in [2.24, 2.45) is 0 Å². The maximum atomic E-state index is 4.67. The molecule has 0 atom stereocenters. The quantitative estimate of drug-likeness (QED) is 0.809. The van der Waals surface area contributed by atoms with Gasteiger partial charge in [0.25, 0.3) is 0 Å². The van der Waals surface area contributed by atoms with Gasteiger partial charge in [0.1, 0.15) is 17.5 Å². The largest absolute Gasteiger partial charge is 0.370 e. The number of nitrogens with one attached hydrogen (secondary N) is 2. The molecule has 1 aliphatic rings. The third kappa shape index (κ3) is 3.28. The van der Waals surface area contributed by atoms with E-state index in [0.29, 0.717) is 5.54 Å². The number of hydrogen-bond donors (Lipinski definition) is 2. The SMILES string of the molecule is CCNc1nc(CC)nc(NCC2(N(C)C)CCC2)c1C. The molecule has 1 aromatic rings. The Labute approximate surface area is 128 Å². The van der Waals surface area contributed by atoms with Gasteiger partial charge in [0.2, 0.25) is 0 Å². The molecule has 1 aromatic heterocycles. The lowest BCUT2D eigenvalue weighted by molar-refractivity contribution is 0.0738. The van der Waals surface area contributed by atoms with Crippen LogP contribution in [0.1, 0.15) is 44.5 Å². The van der Waals surface area contributed by atoms with Crippen molar-refractivity contribution in [3.05, 3.63) is 11.4 Å². The van der Waals surface area contributed by atoms with E-state index in [-0.39, 0.29) is 0 Å². The Morgan fingerprint density at radius 2 is 1.71 bits per heavy atom. The zero-order valence-corrected chi connectivity index (χ0v) is 14.1. The third-order valence-electron chi connectivity index (χ3n) is 4.67. The van der Waals surface area contributed by atoms with Crippen molar-refractivity contribution < 1.29 is 0 Å². The molecule has 21 heavy (non-hydrogen) atoms. The molecule has 1 heterocycles. The summed E-state index contributed by atoms with van der Waals surface area (Å²) in [5.74, 6) is 2.83. The minimum absolute atomic E-state index is 0.294. The van der Waals surface area contributed by atoms with Gasteiger partial charge in [0, 0.05) is 30.6 Å². The summed E-state index contributed by atoms with van der Waals surface area (Å²) in [6, 6.07) is 0. The molecule has 0 amide bonds. The van der Waals surface area contributed by atoms with E-state index in [1.807, 2.05) is 0 Å². The summed E-state index contributed by atoms with van der Waals surface area (Å²) >= 11 is 0. The molecule has 0 unspecified atom stereocenters. The van der Waals surface area contributed by atoms with E-state index in [2.05, 4.69) is 60.4 Å². The second-order valence-corrected chi connectivity index (χ2v) is 6.17. The molecule has 2 N–H and O–H groups in total. The summed E-state index contributed by atoms with van der Waals surface area (Å²) in [6.07, 6.45) is 4.70. The first-order valence-corrected chi connectivity index (χ1v) is 8.05. The highest BCUT2D eigenvalue weighted by Gasteiger charge is 2.38. The second-order valence-electron chi connectivity index (χ2n) is 6.17. The smallest absolute Gasteiger partial charge is 0.134 e. The maximum absolute atomic E-state index is 4.67. The van der Waals surface area contributed by atoms with Crippen LogP contribution in [0.25, 0.3) is 0 Å². The first-order chi connectivity index (χ1) is 10.0. The van der Waals surface area contributed by atoms with Crippen LogP contribution in [0.15, 0.2) is 0 Å². The molecule has 0 aliphatic heterocycles. The lowest BCUT2D eigenvalue weighted by atomic mass is 9.75. The van der Waals surface area contributed by atoms with Gasteiger partial charge < -0.3 is 15.5 Å². The van der Waals surface area contributed by atoms with E-state index in [1.165, 1.54) is 19.3 Å². The van der Waals surface area contributed by atoms with Crippen LogP contribution >= 0.6 is 0 Å². The van der Waals surface area contributed by atoms with Crippen LogP contribution in [-0.2, 0) is 6.42 Å². The van der Waals surface area contributed by atoms with Gasteiger partial charge in [-0.3, -0.25) is 0 Å². The Bertz CT molecular complexity index is 480. The molecule has 1 aliphatic carbocycles. The normalized spacial score (nSPS) is 16.7. The molecule has 0 aromatic carbocycles. The first-order valence-electron chi connectivity index (χ1n) is 8.05. The van der Waals surface area contributed by atoms with Crippen LogP contribution in [0.2, 0.25) is 0 Å². The van der Waals surface area contributed by atoms with Crippen molar-refractivity contribution in [3.8, 4) is 0 Å². The third-order valence-corrected chi connectivity index (χ3v) is 4.67. The molecule has 5 nitrogen and oxygen atoms in total. The Morgan fingerprint density at radius 3 is 2.14 bits per heavy atom. The van der Waals surface area contributed by atoms with Gasteiger partial charge in [0.05, 0.1) is 0 Å². The highest BCUT2D eigenvalue weighted by atomic mass is 15.2. The van der Waals surface area contributed by atoms with Crippen LogP contribution in [0.5, 0.6) is 0 Å². The summed E-state index contributed by atoms with van der Waals surface area (Å²) in [5.41, 5.74) is 1.41. The fraction of sp³-hybridized carbons (Fsp3) is 0.750. The molecule has 0 radical (unpaired) electrons. The predicted molar refractivity (Wildman–Crippen MR) is 89.1 cm³/mol. The summed E-state index contributed by atoms with van der Waals surface area (Å²) < 4.78 is 0. The molecular weight excluding hydrogens is 262 g/mol. The molecule has 1 fully saturated rings.